The zero-order valence-electron chi connectivity index (χ0n) is 8.36. The maximum absolute atomic E-state index is 13.2. The standard InChI is InChI=1S/C10H8FNO4/c1-2-15-10(14)9-7(13)5-3-12-4-6(11)8(5)16-9/h3-4,13H,2H2,1H3. The Hall–Kier alpha value is -2.11. The molecule has 0 unspecified atom stereocenters. The fraction of sp³-hybridized carbons (Fsp3) is 0.200. The summed E-state index contributed by atoms with van der Waals surface area (Å²) in [6.07, 6.45) is 2.14. The lowest BCUT2D eigenvalue weighted by Gasteiger charge is -1.96. The molecule has 0 bridgehead atoms. The first-order valence-electron chi connectivity index (χ1n) is 4.57. The van der Waals surface area contributed by atoms with Crippen molar-refractivity contribution in [1.29, 1.82) is 0 Å². The molecule has 84 valence electrons. The molecule has 2 aromatic rings. The lowest BCUT2D eigenvalue weighted by Crippen LogP contribution is -2.02. The highest BCUT2D eigenvalue weighted by molar-refractivity contribution is 5.98. The summed E-state index contributed by atoms with van der Waals surface area (Å²) in [5, 5.41) is 9.65. The summed E-state index contributed by atoms with van der Waals surface area (Å²) >= 11 is 0. The first kappa shape index (κ1) is 10.4. The van der Waals surface area contributed by atoms with E-state index in [1.165, 1.54) is 6.20 Å². The molecule has 2 heterocycles. The van der Waals surface area contributed by atoms with Crippen LogP contribution in [0.2, 0.25) is 0 Å². The van der Waals surface area contributed by atoms with Crippen LogP contribution in [0.1, 0.15) is 17.5 Å². The van der Waals surface area contributed by atoms with Gasteiger partial charge in [-0.3, -0.25) is 4.98 Å². The molecule has 0 spiro atoms. The minimum absolute atomic E-state index is 0.0445. The summed E-state index contributed by atoms with van der Waals surface area (Å²) < 4.78 is 22.8. The lowest BCUT2D eigenvalue weighted by atomic mass is 10.3. The molecule has 16 heavy (non-hydrogen) atoms. The Morgan fingerprint density at radius 1 is 1.62 bits per heavy atom. The zero-order chi connectivity index (χ0) is 11.7. The number of esters is 1. The third-order valence-electron chi connectivity index (χ3n) is 1.99. The fourth-order valence-electron chi connectivity index (χ4n) is 1.30. The van der Waals surface area contributed by atoms with Crippen LogP contribution in [-0.4, -0.2) is 22.7 Å². The molecule has 0 aliphatic rings. The average Bonchev–Trinajstić information content (AvgIpc) is 2.59. The summed E-state index contributed by atoms with van der Waals surface area (Å²) in [5.41, 5.74) is -0.212. The number of rotatable bonds is 2. The van der Waals surface area contributed by atoms with E-state index in [0.717, 1.165) is 6.20 Å². The fourth-order valence-corrected chi connectivity index (χ4v) is 1.30. The van der Waals surface area contributed by atoms with Crippen LogP contribution in [-0.2, 0) is 4.74 Å². The number of furan rings is 1. The largest absolute Gasteiger partial charge is 0.504 e. The van der Waals surface area contributed by atoms with Gasteiger partial charge in [-0.15, -0.1) is 0 Å². The van der Waals surface area contributed by atoms with Crippen molar-refractivity contribution in [2.24, 2.45) is 0 Å². The number of aromatic nitrogens is 1. The van der Waals surface area contributed by atoms with Crippen molar-refractivity contribution >= 4 is 16.9 Å². The molecule has 0 fully saturated rings. The van der Waals surface area contributed by atoms with Crippen molar-refractivity contribution < 1.29 is 23.4 Å². The molecule has 0 radical (unpaired) electrons. The van der Waals surface area contributed by atoms with E-state index in [2.05, 4.69) is 9.72 Å². The first-order valence-corrected chi connectivity index (χ1v) is 4.57. The van der Waals surface area contributed by atoms with E-state index in [4.69, 9.17) is 4.42 Å². The number of carbonyl (C=O) groups excluding carboxylic acids is 1. The van der Waals surface area contributed by atoms with E-state index in [1.807, 2.05) is 0 Å². The summed E-state index contributed by atoms with van der Waals surface area (Å²) in [6.45, 7) is 1.75. The molecule has 1 N–H and O–H groups in total. The first-order chi connectivity index (χ1) is 7.65. The van der Waals surface area contributed by atoms with Crippen molar-refractivity contribution in [2.45, 2.75) is 6.92 Å². The number of fused-ring (bicyclic) bond motifs is 1. The lowest BCUT2D eigenvalue weighted by molar-refractivity contribution is 0.0488. The number of pyridine rings is 1. The molecular weight excluding hydrogens is 217 g/mol. The molecule has 2 aromatic heterocycles. The second-order valence-electron chi connectivity index (χ2n) is 3.00. The molecule has 0 amide bonds. The Labute approximate surface area is 89.5 Å². The minimum atomic E-state index is -0.837. The van der Waals surface area contributed by atoms with Gasteiger partial charge in [-0.1, -0.05) is 0 Å². The van der Waals surface area contributed by atoms with Crippen LogP contribution in [0.25, 0.3) is 11.0 Å². The van der Waals surface area contributed by atoms with E-state index in [1.54, 1.807) is 6.92 Å². The van der Waals surface area contributed by atoms with Gasteiger partial charge in [0.1, 0.15) is 0 Å². The van der Waals surface area contributed by atoms with Crippen molar-refractivity contribution in [3.63, 3.8) is 0 Å². The van der Waals surface area contributed by atoms with Crippen LogP contribution in [0.4, 0.5) is 4.39 Å². The van der Waals surface area contributed by atoms with E-state index in [9.17, 15) is 14.3 Å². The maximum Gasteiger partial charge on any atom is 0.378 e. The van der Waals surface area contributed by atoms with Gasteiger partial charge in [0, 0.05) is 6.20 Å². The summed E-state index contributed by atoms with van der Waals surface area (Å²) in [6, 6.07) is 0. The van der Waals surface area contributed by atoms with Gasteiger partial charge in [-0.05, 0) is 6.92 Å². The van der Waals surface area contributed by atoms with Crippen LogP contribution in [0.3, 0.4) is 0 Å². The van der Waals surface area contributed by atoms with Crippen molar-refractivity contribution in [1.82, 2.24) is 4.98 Å². The van der Waals surface area contributed by atoms with Gasteiger partial charge in [0.05, 0.1) is 18.2 Å². The highest BCUT2D eigenvalue weighted by Gasteiger charge is 2.23. The van der Waals surface area contributed by atoms with Gasteiger partial charge in [0.15, 0.2) is 17.1 Å². The molecule has 0 saturated heterocycles. The quantitative estimate of drug-likeness (QED) is 0.789. The normalized spacial score (nSPS) is 10.6. The average molecular weight is 225 g/mol. The van der Waals surface area contributed by atoms with Crippen LogP contribution >= 0.6 is 0 Å². The van der Waals surface area contributed by atoms with E-state index in [-0.39, 0.29) is 17.6 Å². The highest BCUT2D eigenvalue weighted by atomic mass is 19.1. The number of carbonyl (C=O) groups is 1. The molecule has 0 aliphatic heterocycles. The molecule has 0 aromatic carbocycles. The number of hydrogen-bond donors (Lipinski definition) is 1. The Kier molecular flexibility index (Phi) is 2.47. The molecule has 0 atom stereocenters. The predicted molar refractivity (Wildman–Crippen MR) is 51.6 cm³/mol. The van der Waals surface area contributed by atoms with Gasteiger partial charge in [-0.2, -0.15) is 0 Å². The molecule has 5 nitrogen and oxygen atoms in total. The second-order valence-corrected chi connectivity index (χ2v) is 3.00. The predicted octanol–water partition coefficient (Wildman–Crippen LogP) is 1.85. The van der Waals surface area contributed by atoms with Crippen LogP contribution in [0, 0.1) is 5.82 Å². The monoisotopic (exact) mass is 225 g/mol. The molecule has 0 saturated carbocycles. The maximum atomic E-state index is 13.2. The molecule has 2 rings (SSSR count). The topological polar surface area (TPSA) is 72.6 Å². The number of halogens is 1. The van der Waals surface area contributed by atoms with Crippen LogP contribution in [0.15, 0.2) is 16.8 Å². The van der Waals surface area contributed by atoms with Gasteiger partial charge in [0.2, 0.25) is 0 Å². The number of hydrogen-bond acceptors (Lipinski definition) is 5. The number of ether oxygens (including phenoxy) is 1. The SMILES string of the molecule is CCOC(=O)c1oc2c(F)cncc2c1O. The van der Waals surface area contributed by atoms with Gasteiger partial charge in [0.25, 0.3) is 5.76 Å². The Bertz CT molecular complexity index is 549. The number of nitrogens with zero attached hydrogens (tertiary/aromatic N) is 1. The Morgan fingerprint density at radius 2 is 2.38 bits per heavy atom. The van der Waals surface area contributed by atoms with Crippen LogP contribution < -0.4 is 0 Å². The third kappa shape index (κ3) is 1.48. The Balaban J connectivity index is 2.60. The minimum Gasteiger partial charge on any atom is -0.504 e. The zero-order valence-corrected chi connectivity index (χ0v) is 8.36. The molecule has 0 aliphatic carbocycles. The number of aromatic hydroxyl groups is 1. The van der Waals surface area contributed by atoms with Crippen LogP contribution in [0.5, 0.6) is 5.75 Å². The van der Waals surface area contributed by atoms with Crippen molar-refractivity contribution in [3.05, 3.63) is 24.0 Å². The van der Waals surface area contributed by atoms with E-state index in [0.29, 0.717) is 0 Å². The van der Waals surface area contributed by atoms with Gasteiger partial charge < -0.3 is 14.3 Å². The second kappa shape index (κ2) is 3.80. The van der Waals surface area contributed by atoms with E-state index >= 15 is 0 Å². The summed E-state index contributed by atoms with van der Waals surface area (Å²) in [4.78, 5) is 14.9. The van der Waals surface area contributed by atoms with E-state index < -0.39 is 23.3 Å². The van der Waals surface area contributed by atoms with Gasteiger partial charge in [-0.25, -0.2) is 9.18 Å². The van der Waals surface area contributed by atoms with Crippen molar-refractivity contribution in [2.75, 3.05) is 6.61 Å². The third-order valence-corrected chi connectivity index (χ3v) is 1.99. The summed E-state index contributed by atoms with van der Waals surface area (Å²) in [5.74, 6) is -2.46. The van der Waals surface area contributed by atoms with Crippen molar-refractivity contribution in [3.8, 4) is 5.75 Å². The summed E-state index contributed by atoms with van der Waals surface area (Å²) in [7, 11) is 0. The highest BCUT2D eigenvalue weighted by Crippen LogP contribution is 2.32. The molecular formula is C10H8FNO4. The van der Waals surface area contributed by atoms with Gasteiger partial charge >= 0.3 is 5.97 Å². The molecule has 6 heteroatoms. The smallest absolute Gasteiger partial charge is 0.378 e. The Morgan fingerprint density at radius 3 is 3.00 bits per heavy atom.